The zero-order chi connectivity index (χ0) is 15.1. The summed E-state index contributed by atoms with van der Waals surface area (Å²) in [5.74, 6) is -2.79. The molecule has 1 saturated heterocycles. The van der Waals surface area contributed by atoms with E-state index in [1.807, 2.05) is 32.0 Å². The minimum absolute atomic E-state index is 0.298. The number of hydrogen-bond donors (Lipinski definition) is 2. The Balaban J connectivity index is 1.83. The molecule has 1 aromatic carbocycles. The van der Waals surface area contributed by atoms with E-state index >= 15 is 0 Å². The van der Waals surface area contributed by atoms with E-state index in [1.54, 1.807) is 12.2 Å². The lowest BCUT2D eigenvalue weighted by atomic mass is 9.82. The van der Waals surface area contributed by atoms with E-state index in [0.717, 1.165) is 16.8 Å². The van der Waals surface area contributed by atoms with Crippen LogP contribution in [0.25, 0.3) is 0 Å². The van der Waals surface area contributed by atoms with Gasteiger partial charge < -0.3 is 15.2 Å². The van der Waals surface area contributed by atoms with Crippen molar-refractivity contribution in [3.8, 4) is 0 Å². The molecule has 0 spiro atoms. The van der Waals surface area contributed by atoms with E-state index in [1.165, 1.54) is 0 Å². The van der Waals surface area contributed by atoms with Gasteiger partial charge in [0.05, 0.1) is 18.1 Å². The van der Waals surface area contributed by atoms with E-state index in [4.69, 9.17) is 4.74 Å². The molecule has 5 heteroatoms. The summed E-state index contributed by atoms with van der Waals surface area (Å²) in [5, 5.41) is 12.2. The molecule has 2 N–H and O–H groups in total. The van der Waals surface area contributed by atoms with E-state index < -0.39 is 30.0 Å². The lowest BCUT2D eigenvalue weighted by Crippen LogP contribution is -2.39. The molecule has 1 aromatic rings. The number of anilines is 1. The molecule has 3 rings (SSSR count). The average molecular weight is 287 g/mol. The van der Waals surface area contributed by atoms with Gasteiger partial charge in [-0.1, -0.05) is 24.3 Å². The zero-order valence-electron chi connectivity index (χ0n) is 11.9. The Morgan fingerprint density at radius 2 is 1.81 bits per heavy atom. The van der Waals surface area contributed by atoms with Gasteiger partial charge in [-0.2, -0.15) is 0 Å². The third-order valence-electron chi connectivity index (χ3n) is 4.14. The molecule has 110 valence electrons. The molecule has 0 aliphatic carbocycles. The summed E-state index contributed by atoms with van der Waals surface area (Å²) in [7, 11) is 0. The molecular weight excluding hydrogens is 270 g/mol. The highest BCUT2D eigenvalue weighted by Gasteiger charge is 2.53. The first-order chi connectivity index (χ1) is 9.97. The van der Waals surface area contributed by atoms with Crippen LogP contribution in [0.4, 0.5) is 5.69 Å². The molecule has 0 radical (unpaired) electrons. The van der Waals surface area contributed by atoms with E-state index in [-0.39, 0.29) is 5.91 Å². The van der Waals surface area contributed by atoms with Gasteiger partial charge in [0.2, 0.25) is 5.91 Å². The number of carboxylic acid groups (broad SMARTS) is 1. The topological polar surface area (TPSA) is 75.6 Å². The van der Waals surface area contributed by atoms with Crippen LogP contribution in [0.1, 0.15) is 11.1 Å². The average Bonchev–Trinajstić information content (AvgIpc) is 3.03. The Bertz CT molecular complexity index is 637. The van der Waals surface area contributed by atoms with E-state index in [9.17, 15) is 14.7 Å². The van der Waals surface area contributed by atoms with Crippen LogP contribution in [0.5, 0.6) is 0 Å². The minimum atomic E-state index is -0.993. The van der Waals surface area contributed by atoms with Gasteiger partial charge in [0.15, 0.2) is 0 Å². The zero-order valence-corrected chi connectivity index (χ0v) is 11.9. The van der Waals surface area contributed by atoms with Gasteiger partial charge in [0, 0.05) is 5.69 Å². The van der Waals surface area contributed by atoms with E-state index in [0.29, 0.717) is 0 Å². The standard InChI is InChI=1S/C16H17NO4/c1-8-3-4-9(2)10(7-8)17-15(18)13-11-5-6-12(21-11)14(13)16(19)20/h3-7,11-14H,1-2H3,(H,17,18)(H,19,20)/t11-,12+,13-,14-/m0/s1. The molecule has 1 fully saturated rings. The highest BCUT2D eigenvalue weighted by molar-refractivity contribution is 5.97. The van der Waals surface area contributed by atoms with Crippen molar-refractivity contribution in [3.63, 3.8) is 0 Å². The van der Waals surface area contributed by atoms with Gasteiger partial charge in [-0.15, -0.1) is 0 Å². The summed E-state index contributed by atoms with van der Waals surface area (Å²) in [6.45, 7) is 3.85. The van der Waals surface area contributed by atoms with Crippen LogP contribution in [-0.4, -0.2) is 29.2 Å². The molecule has 5 nitrogen and oxygen atoms in total. The van der Waals surface area contributed by atoms with Crippen molar-refractivity contribution in [2.24, 2.45) is 11.8 Å². The van der Waals surface area contributed by atoms with Crippen LogP contribution in [0.15, 0.2) is 30.4 Å². The molecule has 2 bridgehead atoms. The third kappa shape index (κ3) is 2.34. The Labute approximate surface area is 122 Å². The molecule has 4 atom stereocenters. The number of benzene rings is 1. The van der Waals surface area contributed by atoms with Crippen LogP contribution < -0.4 is 5.32 Å². The Morgan fingerprint density at radius 3 is 2.48 bits per heavy atom. The molecular formula is C16H17NO4. The predicted octanol–water partition coefficient (Wildman–Crippen LogP) is 1.90. The van der Waals surface area contributed by atoms with Gasteiger partial charge >= 0.3 is 5.97 Å². The predicted molar refractivity (Wildman–Crippen MR) is 77.0 cm³/mol. The molecule has 0 saturated carbocycles. The number of carboxylic acids is 1. The molecule has 0 unspecified atom stereocenters. The van der Waals surface area contributed by atoms with Crippen molar-refractivity contribution in [2.45, 2.75) is 26.1 Å². The molecule has 2 heterocycles. The summed E-state index contributed by atoms with van der Waals surface area (Å²) in [6, 6.07) is 5.78. The highest BCUT2D eigenvalue weighted by atomic mass is 16.5. The van der Waals surface area contributed by atoms with Crippen molar-refractivity contribution in [2.75, 3.05) is 5.32 Å². The number of carbonyl (C=O) groups excluding carboxylic acids is 1. The normalized spacial score (nSPS) is 29.6. The highest BCUT2D eigenvalue weighted by Crippen LogP contribution is 2.40. The smallest absolute Gasteiger partial charge is 0.310 e. The maximum absolute atomic E-state index is 12.5. The molecule has 1 amide bonds. The summed E-state index contributed by atoms with van der Waals surface area (Å²) in [5.41, 5.74) is 2.70. The van der Waals surface area contributed by atoms with Crippen LogP contribution in [0, 0.1) is 25.7 Å². The van der Waals surface area contributed by atoms with E-state index in [2.05, 4.69) is 5.32 Å². The fraction of sp³-hybridized carbons (Fsp3) is 0.375. The van der Waals surface area contributed by atoms with Gasteiger partial charge in [-0.25, -0.2) is 0 Å². The van der Waals surface area contributed by atoms with Crippen molar-refractivity contribution >= 4 is 17.6 Å². The third-order valence-corrected chi connectivity index (χ3v) is 4.14. The summed E-state index contributed by atoms with van der Waals surface area (Å²) >= 11 is 0. The lowest BCUT2D eigenvalue weighted by Gasteiger charge is -2.21. The second-order valence-electron chi connectivity index (χ2n) is 5.65. The first-order valence-electron chi connectivity index (χ1n) is 6.92. The largest absolute Gasteiger partial charge is 0.481 e. The lowest BCUT2D eigenvalue weighted by molar-refractivity contribution is -0.145. The van der Waals surface area contributed by atoms with Gasteiger partial charge in [-0.3, -0.25) is 9.59 Å². The Kier molecular flexibility index (Phi) is 3.29. The summed E-state index contributed by atoms with van der Waals surface area (Å²) < 4.78 is 5.52. The number of fused-ring (bicyclic) bond motifs is 2. The monoisotopic (exact) mass is 287 g/mol. The number of aryl methyl sites for hydroxylation is 2. The van der Waals surface area contributed by atoms with Crippen LogP contribution >= 0.6 is 0 Å². The summed E-state index contributed by atoms with van der Waals surface area (Å²) in [4.78, 5) is 23.9. The van der Waals surface area contributed by atoms with Gasteiger partial charge in [0.25, 0.3) is 0 Å². The number of carbonyl (C=O) groups is 2. The van der Waals surface area contributed by atoms with Gasteiger partial charge in [-0.05, 0) is 31.0 Å². The van der Waals surface area contributed by atoms with Gasteiger partial charge in [0.1, 0.15) is 5.92 Å². The minimum Gasteiger partial charge on any atom is -0.481 e. The molecule has 2 aliphatic heterocycles. The second-order valence-corrected chi connectivity index (χ2v) is 5.65. The summed E-state index contributed by atoms with van der Waals surface area (Å²) in [6.07, 6.45) is 2.56. The quantitative estimate of drug-likeness (QED) is 0.833. The number of aliphatic carboxylic acids is 1. The fourth-order valence-corrected chi connectivity index (χ4v) is 3.00. The Morgan fingerprint density at radius 1 is 1.14 bits per heavy atom. The first kappa shape index (κ1) is 13.8. The first-order valence-corrected chi connectivity index (χ1v) is 6.92. The number of amides is 1. The van der Waals surface area contributed by atoms with Crippen molar-refractivity contribution in [3.05, 3.63) is 41.5 Å². The number of ether oxygens (including phenoxy) is 1. The van der Waals surface area contributed by atoms with Crippen molar-refractivity contribution < 1.29 is 19.4 Å². The number of nitrogens with one attached hydrogen (secondary N) is 1. The number of hydrogen-bond acceptors (Lipinski definition) is 3. The molecule has 21 heavy (non-hydrogen) atoms. The van der Waals surface area contributed by atoms with Crippen molar-refractivity contribution in [1.82, 2.24) is 0 Å². The maximum Gasteiger partial charge on any atom is 0.310 e. The van der Waals surface area contributed by atoms with Crippen LogP contribution in [-0.2, 0) is 14.3 Å². The second kappa shape index (κ2) is 5.00. The number of rotatable bonds is 3. The maximum atomic E-state index is 12.5. The van der Waals surface area contributed by atoms with Crippen molar-refractivity contribution in [1.29, 1.82) is 0 Å². The fourth-order valence-electron chi connectivity index (χ4n) is 3.00. The SMILES string of the molecule is Cc1ccc(C)c(NC(=O)[C@@H]2[C@@H](C(=O)O)[C@H]3C=C[C@@H]2O3)c1. The molecule has 0 aromatic heterocycles. The molecule has 2 aliphatic rings. The van der Waals surface area contributed by atoms with Crippen LogP contribution in [0.3, 0.4) is 0 Å². The Hall–Kier alpha value is -2.14. The van der Waals surface area contributed by atoms with Crippen LogP contribution in [0.2, 0.25) is 0 Å².